The van der Waals surface area contributed by atoms with Gasteiger partial charge in [0.05, 0.1) is 6.61 Å². The first-order valence-corrected chi connectivity index (χ1v) is 4.24. The Morgan fingerprint density at radius 1 is 1.36 bits per heavy atom. The summed E-state index contributed by atoms with van der Waals surface area (Å²) in [7, 11) is 0. The van der Waals surface area contributed by atoms with Crippen molar-refractivity contribution in [1.29, 1.82) is 5.41 Å². The van der Waals surface area contributed by atoms with E-state index < -0.39 is 24.5 Å². The van der Waals surface area contributed by atoms with E-state index in [1.807, 2.05) is 0 Å². The standard InChI is InChI=1S/C8H14N2O4/c9-2-1-3-10-8-7(13)6(12)5(4-11)14-8/h1-3,5-13H,4H2/b3-1-,9-2?. The van der Waals surface area contributed by atoms with Gasteiger partial charge in [0.2, 0.25) is 0 Å². The van der Waals surface area contributed by atoms with Crippen LogP contribution >= 0.6 is 0 Å². The van der Waals surface area contributed by atoms with E-state index in [0.29, 0.717) is 0 Å². The average molecular weight is 202 g/mol. The molecule has 0 saturated carbocycles. The number of nitrogens with one attached hydrogen (secondary N) is 2. The van der Waals surface area contributed by atoms with Gasteiger partial charge in [0.25, 0.3) is 0 Å². The van der Waals surface area contributed by atoms with Gasteiger partial charge in [-0.15, -0.1) is 0 Å². The first kappa shape index (κ1) is 11.1. The molecule has 0 bridgehead atoms. The lowest BCUT2D eigenvalue weighted by Gasteiger charge is -2.13. The van der Waals surface area contributed by atoms with Gasteiger partial charge in [0, 0.05) is 12.4 Å². The van der Waals surface area contributed by atoms with Gasteiger partial charge in [0.15, 0.2) is 6.23 Å². The molecule has 1 rings (SSSR count). The molecule has 1 fully saturated rings. The number of aliphatic hydroxyl groups is 3. The molecule has 1 aliphatic heterocycles. The molecule has 0 aliphatic carbocycles. The minimum Gasteiger partial charge on any atom is -0.394 e. The van der Waals surface area contributed by atoms with Crippen molar-refractivity contribution >= 4 is 6.21 Å². The SMILES string of the molecule is N=C/C=C\NC1OC(CO)C(O)C1O. The summed E-state index contributed by atoms with van der Waals surface area (Å²) in [5.41, 5.74) is 0. The fourth-order valence-corrected chi connectivity index (χ4v) is 1.24. The summed E-state index contributed by atoms with van der Waals surface area (Å²) in [5.74, 6) is 0. The van der Waals surface area contributed by atoms with Crippen LogP contribution < -0.4 is 5.32 Å². The van der Waals surface area contributed by atoms with Crippen molar-refractivity contribution in [1.82, 2.24) is 5.32 Å². The third kappa shape index (κ3) is 2.30. The molecule has 0 aromatic heterocycles. The van der Waals surface area contributed by atoms with Gasteiger partial charge in [-0.05, 0) is 6.08 Å². The van der Waals surface area contributed by atoms with E-state index in [-0.39, 0.29) is 6.61 Å². The largest absolute Gasteiger partial charge is 0.394 e. The fourth-order valence-electron chi connectivity index (χ4n) is 1.24. The maximum atomic E-state index is 9.42. The third-order valence-electron chi connectivity index (χ3n) is 2.00. The Kier molecular flexibility index (Phi) is 4.02. The summed E-state index contributed by atoms with van der Waals surface area (Å²) in [4.78, 5) is 0. The summed E-state index contributed by atoms with van der Waals surface area (Å²) in [6.07, 6.45) is 0.207. The second-order valence-corrected chi connectivity index (χ2v) is 2.95. The van der Waals surface area contributed by atoms with Gasteiger partial charge in [-0.3, -0.25) is 0 Å². The third-order valence-corrected chi connectivity index (χ3v) is 2.00. The highest BCUT2D eigenvalue weighted by Crippen LogP contribution is 2.18. The number of allylic oxidation sites excluding steroid dienone is 1. The topological polar surface area (TPSA) is 106 Å². The highest BCUT2D eigenvalue weighted by Gasteiger charge is 2.41. The molecule has 0 radical (unpaired) electrons. The second-order valence-electron chi connectivity index (χ2n) is 2.95. The first-order chi connectivity index (χ1) is 6.70. The number of ether oxygens (including phenoxy) is 1. The molecular weight excluding hydrogens is 188 g/mol. The van der Waals surface area contributed by atoms with E-state index >= 15 is 0 Å². The Labute approximate surface area is 81.3 Å². The second kappa shape index (κ2) is 5.06. The highest BCUT2D eigenvalue weighted by molar-refractivity contribution is 5.67. The van der Waals surface area contributed by atoms with Crippen LogP contribution in [0.4, 0.5) is 0 Å². The molecule has 0 amide bonds. The van der Waals surface area contributed by atoms with Crippen molar-refractivity contribution in [2.24, 2.45) is 0 Å². The van der Waals surface area contributed by atoms with Crippen LogP contribution in [0.1, 0.15) is 0 Å². The zero-order chi connectivity index (χ0) is 10.6. The van der Waals surface area contributed by atoms with E-state index in [1.165, 1.54) is 12.3 Å². The Morgan fingerprint density at radius 2 is 2.07 bits per heavy atom. The monoisotopic (exact) mass is 202 g/mol. The van der Waals surface area contributed by atoms with Crippen LogP contribution in [0.25, 0.3) is 0 Å². The molecule has 0 aromatic carbocycles. The Bertz CT molecular complexity index is 221. The van der Waals surface area contributed by atoms with Gasteiger partial charge in [-0.1, -0.05) is 0 Å². The van der Waals surface area contributed by atoms with Crippen molar-refractivity contribution in [3.05, 3.63) is 12.3 Å². The molecule has 4 atom stereocenters. The van der Waals surface area contributed by atoms with Gasteiger partial charge in [0.1, 0.15) is 18.3 Å². The van der Waals surface area contributed by atoms with Crippen molar-refractivity contribution in [3.63, 3.8) is 0 Å². The number of hydrogen-bond acceptors (Lipinski definition) is 6. The number of aliphatic hydroxyl groups excluding tert-OH is 3. The molecule has 0 aromatic rings. The molecular formula is C8H14N2O4. The van der Waals surface area contributed by atoms with Crippen LogP contribution in [-0.2, 0) is 4.74 Å². The van der Waals surface area contributed by atoms with Gasteiger partial charge in [-0.2, -0.15) is 0 Å². The molecule has 1 heterocycles. The Balaban J connectivity index is 2.47. The molecule has 5 N–H and O–H groups in total. The minimum absolute atomic E-state index is 0.343. The maximum Gasteiger partial charge on any atom is 0.156 e. The zero-order valence-corrected chi connectivity index (χ0v) is 7.50. The predicted molar refractivity (Wildman–Crippen MR) is 48.8 cm³/mol. The predicted octanol–water partition coefficient (Wildman–Crippen LogP) is -1.82. The molecule has 80 valence electrons. The van der Waals surface area contributed by atoms with Crippen LogP contribution in [0.5, 0.6) is 0 Å². The zero-order valence-electron chi connectivity index (χ0n) is 7.50. The van der Waals surface area contributed by atoms with Crippen LogP contribution in [0, 0.1) is 5.41 Å². The Hall–Kier alpha value is -0.950. The molecule has 0 spiro atoms. The highest BCUT2D eigenvalue weighted by atomic mass is 16.6. The lowest BCUT2D eigenvalue weighted by molar-refractivity contribution is -0.0281. The smallest absolute Gasteiger partial charge is 0.156 e. The molecule has 6 nitrogen and oxygen atoms in total. The summed E-state index contributed by atoms with van der Waals surface area (Å²) < 4.78 is 5.09. The van der Waals surface area contributed by atoms with Crippen LogP contribution in [0.15, 0.2) is 12.3 Å². The lowest BCUT2D eigenvalue weighted by Crippen LogP contribution is -2.38. The molecule has 1 aliphatic rings. The summed E-state index contributed by atoms with van der Waals surface area (Å²) in [6.45, 7) is -0.343. The minimum atomic E-state index is -1.09. The molecule has 1 saturated heterocycles. The fraction of sp³-hybridized carbons (Fsp3) is 0.625. The van der Waals surface area contributed by atoms with Crippen molar-refractivity contribution in [3.8, 4) is 0 Å². The normalized spacial score (nSPS) is 37.6. The van der Waals surface area contributed by atoms with E-state index in [9.17, 15) is 10.2 Å². The van der Waals surface area contributed by atoms with Crippen molar-refractivity contribution in [2.45, 2.75) is 24.5 Å². The van der Waals surface area contributed by atoms with Crippen LogP contribution in [0.3, 0.4) is 0 Å². The molecule has 6 heteroatoms. The van der Waals surface area contributed by atoms with E-state index in [0.717, 1.165) is 6.21 Å². The van der Waals surface area contributed by atoms with Gasteiger partial charge >= 0.3 is 0 Å². The van der Waals surface area contributed by atoms with Crippen molar-refractivity contribution < 1.29 is 20.1 Å². The van der Waals surface area contributed by atoms with E-state index in [2.05, 4.69) is 5.32 Å². The van der Waals surface area contributed by atoms with Gasteiger partial charge in [-0.25, -0.2) is 0 Å². The number of rotatable bonds is 4. The van der Waals surface area contributed by atoms with E-state index in [1.54, 1.807) is 0 Å². The number of hydrogen-bond donors (Lipinski definition) is 5. The van der Waals surface area contributed by atoms with Crippen LogP contribution in [-0.4, -0.2) is 52.7 Å². The molecule has 4 unspecified atom stereocenters. The van der Waals surface area contributed by atoms with E-state index in [4.69, 9.17) is 15.3 Å². The maximum absolute atomic E-state index is 9.42. The van der Waals surface area contributed by atoms with Crippen molar-refractivity contribution in [2.75, 3.05) is 6.61 Å². The lowest BCUT2D eigenvalue weighted by atomic mass is 10.1. The summed E-state index contributed by atoms with van der Waals surface area (Å²) in [5, 5.41) is 36.9. The first-order valence-electron chi connectivity index (χ1n) is 4.24. The summed E-state index contributed by atoms with van der Waals surface area (Å²) >= 11 is 0. The molecule has 14 heavy (non-hydrogen) atoms. The Morgan fingerprint density at radius 3 is 2.57 bits per heavy atom. The average Bonchev–Trinajstić information content (AvgIpc) is 2.46. The van der Waals surface area contributed by atoms with Crippen LogP contribution in [0.2, 0.25) is 0 Å². The summed E-state index contributed by atoms with van der Waals surface area (Å²) in [6, 6.07) is 0. The van der Waals surface area contributed by atoms with Gasteiger partial charge < -0.3 is 30.8 Å². The quantitative estimate of drug-likeness (QED) is 0.345.